The Hall–Kier alpha value is -4.30. The molecule has 4 rings (SSSR count). The third kappa shape index (κ3) is 8.13. The number of amides is 1. The van der Waals surface area contributed by atoms with Crippen molar-refractivity contribution in [3.8, 4) is 11.8 Å². The maximum absolute atomic E-state index is 12.6. The van der Waals surface area contributed by atoms with Crippen molar-refractivity contribution in [1.82, 2.24) is 25.8 Å². The molecule has 0 aliphatic carbocycles. The number of nitrogen functional groups attached to an aromatic ring is 1. The minimum absolute atomic E-state index is 0.185. The zero-order valence-corrected chi connectivity index (χ0v) is 24.3. The number of nitrogens with two attached hydrogens (primary N) is 1. The van der Waals surface area contributed by atoms with Crippen molar-refractivity contribution in [3.63, 3.8) is 0 Å². The molecule has 1 saturated heterocycles. The summed E-state index contributed by atoms with van der Waals surface area (Å²) in [5.41, 5.74) is 17.0. The summed E-state index contributed by atoms with van der Waals surface area (Å²) in [6.07, 6.45) is 5.16. The monoisotopic (exact) mass is 568 g/mol. The highest BCUT2D eigenvalue weighted by atomic mass is 16.3. The van der Waals surface area contributed by atoms with Gasteiger partial charge in [0.1, 0.15) is 11.5 Å². The molecule has 10 nitrogen and oxygen atoms in total. The number of nitrogens with one attached hydrogen (secondary N) is 4. The van der Waals surface area contributed by atoms with Gasteiger partial charge in [0.2, 0.25) is 0 Å². The molecule has 10 heteroatoms. The molecule has 3 aromatic rings. The van der Waals surface area contributed by atoms with Gasteiger partial charge in [-0.2, -0.15) is 5.11 Å². The van der Waals surface area contributed by atoms with Crippen molar-refractivity contribution in [3.05, 3.63) is 77.1 Å². The van der Waals surface area contributed by atoms with Crippen LogP contribution in [0.2, 0.25) is 0 Å². The highest BCUT2D eigenvalue weighted by Gasteiger charge is 2.14. The van der Waals surface area contributed by atoms with Crippen molar-refractivity contribution in [2.45, 2.75) is 38.8 Å². The Balaban J connectivity index is 1.47. The first-order chi connectivity index (χ1) is 20.4. The summed E-state index contributed by atoms with van der Waals surface area (Å²) in [6.45, 7) is 8.29. The second-order valence-corrected chi connectivity index (χ2v) is 10.3. The first-order valence-electron chi connectivity index (χ1n) is 14.5. The number of pyridine rings is 1. The average Bonchev–Trinajstić information content (AvgIpc) is 3.54. The van der Waals surface area contributed by atoms with Gasteiger partial charge in [-0.05, 0) is 62.8 Å². The van der Waals surface area contributed by atoms with Crippen molar-refractivity contribution < 1.29 is 9.90 Å². The minimum atomic E-state index is -0.633. The van der Waals surface area contributed by atoms with Crippen molar-refractivity contribution in [2.75, 3.05) is 45.0 Å². The van der Waals surface area contributed by atoms with Crippen LogP contribution in [0, 0.1) is 17.4 Å². The number of aliphatic hydroxyl groups is 1. The highest BCUT2D eigenvalue weighted by Crippen LogP contribution is 2.26. The lowest BCUT2D eigenvalue weighted by Crippen LogP contribution is -2.40. The molecule has 0 saturated carbocycles. The predicted molar refractivity (Wildman–Crippen MR) is 167 cm³/mol. The van der Waals surface area contributed by atoms with E-state index in [9.17, 15) is 9.90 Å². The highest BCUT2D eigenvalue weighted by molar-refractivity contribution is 5.95. The smallest absolute Gasteiger partial charge is 0.251 e. The Labute approximate surface area is 247 Å². The van der Waals surface area contributed by atoms with E-state index >= 15 is 0 Å². The van der Waals surface area contributed by atoms with E-state index in [2.05, 4.69) is 42.8 Å². The van der Waals surface area contributed by atoms with Crippen LogP contribution in [-0.4, -0.2) is 72.3 Å². The molecule has 2 atom stereocenters. The molecule has 1 aliphatic rings. The summed E-state index contributed by atoms with van der Waals surface area (Å²) in [6, 6.07) is 13.2. The summed E-state index contributed by atoms with van der Waals surface area (Å²) in [7, 11) is 0. The van der Waals surface area contributed by atoms with E-state index in [-0.39, 0.29) is 12.5 Å². The number of aliphatic hydroxyl groups excluding tert-OH is 1. The maximum atomic E-state index is 12.6. The minimum Gasteiger partial charge on any atom is -0.390 e. The molecule has 0 radical (unpaired) electrons. The summed E-state index contributed by atoms with van der Waals surface area (Å²) in [5, 5.41) is 25.2. The average molecular weight is 569 g/mol. The van der Waals surface area contributed by atoms with Gasteiger partial charge in [0.25, 0.3) is 5.91 Å². The van der Waals surface area contributed by atoms with Gasteiger partial charge in [-0.3, -0.25) is 4.79 Å². The maximum Gasteiger partial charge on any atom is 0.251 e. The standard InChI is InChI=1S/C32H40N8O2/c1-3-40(4-2)21-27(41)19-38-32(42)23-10-7-22(8-11-23)9-14-28-29-16-24(12-13-25(29)17-37-31(28)33)30(39-34)20-35-18-26-6-5-15-36-26/h7-8,10-13,16-17,20,26-27,34-36,41H,3-6,15,18-19,21H2,1-2H3,(H2,33,37)(H,38,42)/b30-20-,39-34?. The predicted octanol–water partition coefficient (Wildman–Crippen LogP) is 3.32. The van der Waals surface area contributed by atoms with Gasteiger partial charge in [0.15, 0.2) is 0 Å². The van der Waals surface area contributed by atoms with Gasteiger partial charge in [-0.15, -0.1) is 0 Å². The summed E-state index contributed by atoms with van der Waals surface area (Å²) >= 11 is 0. The molecular formula is C32H40N8O2. The molecule has 2 unspecified atom stereocenters. The first-order valence-corrected chi connectivity index (χ1v) is 14.5. The number of anilines is 1. The van der Waals surface area contributed by atoms with Crippen LogP contribution in [0.4, 0.5) is 5.82 Å². The van der Waals surface area contributed by atoms with Gasteiger partial charge in [-0.25, -0.2) is 10.5 Å². The number of rotatable bonds is 12. The van der Waals surface area contributed by atoms with Crippen molar-refractivity contribution in [2.24, 2.45) is 5.11 Å². The van der Waals surface area contributed by atoms with E-state index in [1.807, 2.05) is 32.0 Å². The number of likely N-dealkylation sites (N-methyl/N-ethyl adjacent to an activating group) is 1. The van der Waals surface area contributed by atoms with Gasteiger partial charge in [0, 0.05) is 65.5 Å². The fourth-order valence-electron chi connectivity index (χ4n) is 4.92. The van der Waals surface area contributed by atoms with Crippen LogP contribution in [0.1, 0.15) is 53.7 Å². The number of carbonyl (C=O) groups excluding carboxylic acids is 1. The number of benzene rings is 2. The van der Waals surface area contributed by atoms with Gasteiger partial charge < -0.3 is 31.7 Å². The topological polar surface area (TPSA) is 152 Å². The van der Waals surface area contributed by atoms with Gasteiger partial charge in [-0.1, -0.05) is 37.8 Å². The quantitative estimate of drug-likeness (QED) is 0.145. The number of nitrogens with zero attached hydrogens (tertiary/aromatic N) is 3. The van der Waals surface area contributed by atoms with Crippen LogP contribution in [0.15, 0.2) is 60.0 Å². The molecule has 2 heterocycles. The summed E-state index contributed by atoms with van der Waals surface area (Å²) < 4.78 is 0. The molecule has 7 N–H and O–H groups in total. The fourth-order valence-corrected chi connectivity index (χ4v) is 4.92. The largest absolute Gasteiger partial charge is 0.390 e. The third-order valence-electron chi connectivity index (χ3n) is 7.44. The van der Waals surface area contributed by atoms with E-state index in [0.29, 0.717) is 40.8 Å². The van der Waals surface area contributed by atoms with Crippen LogP contribution in [0.5, 0.6) is 0 Å². The van der Waals surface area contributed by atoms with Crippen LogP contribution in [0.3, 0.4) is 0 Å². The summed E-state index contributed by atoms with van der Waals surface area (Å²) in [4.78, 5) is 19.0. The normalized spacial score (nSPS) is 15.7. The number of carbonyl (C=O) groups is 1. The van der Waals surface area contributed by atoms with Gasteiger partial charge >= 0.3 is 0 Å². The molecule has 1 amide bonds. The SMILES string of the molecule is CCN(CC)CC(O)CNC(=O)c1ccc(C#Cc2c(N)ncc3ccc(/C(=C/NCC4CCCN4)N=N)cc23)cc1. The Morgan fingerprint density at radius 2 is 2.00 bits per heavy atom. The number of fused-ring (bicyclic) bond motifs is 1. The summed E-state index contributed by atoms with van der Waals surface area (Å²) in [5.74, 6) is 6.35. The van der Waals surface area contributed by atoms with Crippen LogP contribution in [0.25, 0.3) is 16.5 Å². The van der Waals surface area contributed by atoms with E-state index in [1.54, 1.807) is 36.7 Å². The van der Waals surface area contributed by atoms with E-state index < -0.39 is 6.10 Å². The lowest BCUT2D eigenvalue weighted by atomic mass is 10.0. The lowest BCUT2D eigenvalue weighted by molar-refractivity contribution is 0.0869. The molecule has 2 aromatic carbocycles. The number of hydrogen-bond donors (Lipinski definition) is 6. The van der Waals surface area contributed by atoms with E-state index in [4.69, 9.17) is 11.3 Å². The molecule has 0 spiro atoms. The second-order valence-electron chi connectivity index (χ2n) is 10.3. The Morgan fingerprint density at radius 1 is 1.24 bits per heavy atom. The van der Waals surface area contributed by atoms with E-state index in [0.717, 1.165) is 48.9 Å². The van der Waals surface area contributed by atoms with Crippen molar-refractivity contribution in [1.29, 1.82) is 5.53 Å². The van der Waals surface area contributed by atoms with Crippen LogP contribution in [-0.2, 0) is 0 Å². The van der Waals surface area contributed by atoms with Crippen molar-refractivity contribution >= 4 is 28.2 Å². The van der Waals surface area contributed by atoms with E-state index in [1.165, 1.54) is 6.42 Å². The molecule has 220 valence electrons. The zero-order chi connectivity index (χ0) is 29.9. The Bertz CT molecular complexity index is 1470. The van der Waals surface area contributed by atoms with Crippen LogP contribution < -0.4 is 21.7 Å². The molecular weight excluding hydrogens is 528 g/mol. The second kappa shape index (κ2) is 15.1. The van der Waals surface area contributed by atoms with Crippen LogP contribution >= 0.6 is 0 Å². The zero-order valence-electron chi connectivity index (χ0n) is 24.3. The Morgan fingerprint density at radius 3 is 2.69 bits per heavy atom. The molecule has 0 bridgehead atoms. The van der Waals surface area contributed by atoms with Gasteiger partial charge in [0.05, 0.1) is 11.7 Å². The lowest BCUT2D eigenvalue weighted by Gasteiger charge is -2.22. The molecule has 42 heavy (non-hydrogen) atoms. The Kier molecular flexibility index (Phi) is 11.0. The third-order valence-corrected chi connectivity index (χ3v) is 7.44. The molecule has 1 fully saturated rings. The molecule has 1 aliphatic heterocycles. The number of aromatic nitrogens is 1. The number of hydrogen-bond acceptors (Lipinski definition) is 9. The fraction of sp³-hybridized carbons (Fsp3) is 0.375. The first kappa shape index (κ1) is 30.7. The molecule has 1 aromatic heterocycles.